The third-order valence-corrected chi connectivity index (χ3v) is 5.82. The Morgan fingerprint density at radius 2 is 1.59 bits per heavy atom. The lowest BCUT2D eigenvalue weighted by atomic mass is 10.1. The first kappa shape index (κ1) is 23.7. The molecule has 0 aliphatic heterocycles. The van der Waals surface area contributed by atoms with Crippen molar-refractivity contribution in [1.82, 2.24) is 0 Å². The topological polar surface area (TPSA) is 58.2 Å². The lowest BCUT2D eigenvalue weighted by molar-refractivity contribution is -0.137. The van der Waals surface area contributed by atoms with E-state index in [0.717, 1.165) is 12.1 Å². The molecule has 4 nitrogen and oxygen atoms in total. The van der Waals surface area contributed by atoms with Gasteiger partial charge in [0.2, 0.25) is 11.8 Å². The molecule has 0 saturated carbocycles. The number of hydrogen-bond acceptors (Lipinski definition) is 3. The Kier molecular flexibility index (Phi) is 7.48. The van der Waals surface area contributed by atoms with Crippen LogP contribution in [0.1, 0.15) is 23.3 Å². The maximum absolute atomic E-state index is 13.4. The second-order valence-electron chi connectivity index (χ2n) is 6.79. The Morgan fingerprint density at radius 1 is 0.938 bits per heavy atom. The molecule has 2 N–H and O–H groups in total. The van der Waals surface area contributed by atoms with Crippen LogP contribution in [0.25, 0.3) is 0 Å². The van der Waals surface area contributed by atoms with Gasteiger partial charge < -0.3 is 10.6 Å². The van der Waals surface area contributed by atoms with Gasteiger partial charge in [-0.3, -0.25) is 9.59 Å². The van der Waals surface area contributed by atoms with E-state index in [-0.39, 0.29) is 16.6 Å². The highest BCUT2D eigenvalue weighted by Crippen LogP contribution is 2.40. The fourth-order valence-electron chi connectivity index (χ4n) is 2.92. The third-order valence-electron chi connectivity index (χ3n) is 4.31. The van der Waals surface area contributed by atoms with E-state index in [4.69, 9.17) is 11.6 Å². The van der Waals surface area contributed by atoms with Gasteiger partial charge >= 0.3 is 6.18 Å². The number of alkyl halides is 3. The molecule has 0 aliphatic carbocycles. The lowest BCUT2D eigenvalue weighted by Gasteiger charge is -2.19. The zero-order chi connectivity index (χ0) is 23.3. The Balaban J connectivity index is 1.89. The van der Waals surface area contributed by atoms with Crippen molar-refractivity contribution in [3.63, 3.8) is 0 Å². The molecule has 0 heterocycles. The van der Waals surface area contributed by atoms with Gasteiger partial charge in [-0.1, -0.05) is 41.9 Å². The minimum atomic E-state index is -4.68. The zero-order valence-electron chi connectivity index (χ0n) is 16.7. The average molecular weight is 479 g/mol. The van der Waals surface area contributed by atoms with E-state index in [0.29, 0.717) is 16.1 Å². The van der Waals surface area contributed by atoms with Gasteiger partial charge in [-0.05, 0) is 48.0 Å². The second kappa shape index (κ2) is 10.1. The highest BCUT2D eigenvalue weighted by atomic mass is 35.5. The summed E-state index contributed by atoms with van der Waals surface area (Å²) in [5.74, 6) is -0.824. The summed E-state index contributed by atoms with van der Waals surface area (Å²) in [6.45, 7) is 1.39. The maximum Gasteiger partial charge on any atom is 0.418 e. The van der Waals surface area contributed by atoms with E-state index in [1.807, 2.05) is 0 Å². The number of carbonyl (C=O) groups excluding carboxylic acids is 2. The first-order chi connectivity index (χ1) is 15.1. The number of rotatable bonds is 6. The summed E-state index contributed by atoms with van der Waals surface area (Å²) in [4.78, 5) is 25.0. The summed E-state index contributed by atoms with van der Waals surface area (Å²) in [7, 11) is 0. The Bertz CT molecular complexity index is 1110. The number of hydrogen-bond donors (Lipinski definition) is 2. The molecule has 0 spiro atoms. The molecule has 0 fully saturated rings. The molecule has 3 aromatic carbocycles. The molecule has 0 saturated heterocycles. The standard InChI is InChI=1S/C23H18ClF3N2O2S/c1-14(30)28-17-8-10-18(11-9-17)32-21(15-5-3-2-4-6-15)22(31)29-20-12-7-16(24)13-19(20)23(25,26)27/h2-13,21H,1H3,(H,28,30)(H,29,31)/t21-/m0/s1. The monoisotopic (exact) mass is 478 g/mol. The van der Waals surface area contributed by atoms with Gasteiger partial charge in [0, 0.05) is 22.5 Å². The van der Waals surface area contributed by atoms with Crippen molar-refractivity contribution >= 4 is 46.6 Å². The molecule has 1 atom stereocenters. The van der Waals surface area contributed by atoms with Crippen LogP contribution in [-0.4, -0.2) is 11.8 Å². The number of amides is 2. The molecule has 0 bridgehead atoms. The van der Waals surface area contributed by atoms with E-state index in [9.17, 15) is 22.8 Å². The van der Waals surface area contributed by atoms with Crippen LogP contribution in [0, 0.1) is 0 Å². The molecular formula is C23H18ClF3N2O2S. The van der Waals surface area contributed by atoms with Crippen LogP contribution in [0.5, 0.6) is 0 Å². The number of nitrogens with one attached hydrogen (secondary N) is 2. The zero-order valence-corrected chi connectivity index (χ0v) is 18.3. The van der Waals surface area contributed by atoms with Crippen molar-refractivity contribution in [2.24, 2.45) is 0 Å². The molecule has 2 amide bonds. The molecule has 0 aromatic heterocycles. The Labute approximate surface area is 192 Å². The number of anilines is 2. The van der Waals surface area contributed by atoms with E-state index in [1.165, 1.54) is 24.8 Å². The van der Waals surface area contributed by atoms with Gasteiger partial charge in [-0.2, -0.15) is 13.2 Å². The summed E-state index contributed by atoms with van der Waals surface area (Å²) < 4.78 is 40.3. The SMILES string of the molecule is CC(=O)Nc1ccc(S[C@H](C(=O)Nc2ccc(Cl)cc2C(F)(F)F)c2ccccc2)cc1. The molecular weight excluding hydrogens is 461 g/mol. The first-order valence-corrected chi connectivity index (χ1v) is 10.7. The third kappa shape index (κ3) is 6.27. The van der Waals surface area contributed by atoms with Gasteiger partial charge in [-0.25, -0.2) is 0 Å². The number of benzene rings is 3. The average Bonchev–Trinajstić information content (AvgIpc) is 2.74. The number of thioether (sulfide) groups is 1. The molecule has 32 heavy (non-hydrogen) atoms. The van der Waals surface area contributed by atoms with Gasteiger partial charge in [0.25, 0.3) is 0 Å². The van der Waals surface area contributed by atoms with Crippen LogP contribution in [0.2, 0.25) is 5.02 Å². The normalized spacial score (nSPS) is 12.2. The van der Waals surface area contributed by atoms with E-state index < -0.39 is 22.9 Å². The predicted octanol–water partition coefficient (Wildman–Crippen LogP) is 6.79. The van der Waals surface area contributed by atoms with Crippen molar-refractivity contribution in [3.05, 3.63) is 88.9 Å². The minimum Gasteiger partial charge on any atom is -0.326 e. The fourth-order valence-corrected chi connectivity index (χ4v) is 4.11. The van der Waals surface area contributed by atoms with Crippen LogP contribution >= 0.6 is 23.4 Å². The molecule has 9 heteroatoms. The van der Waals surface area contributed by atoms with Crippen molar-refractivity contribution in [3.8, 4) is 0 Å². The van der Waals surface area contributed by atoms with E-state index >= 15 is 0 Å². The summed E-state index contributed by atoms with van der Waals surface area (Å²) in [6, 6.07) is 18.8. The minimum absolute atomic E-state index is 0.0800. The molecule has 0 aliphatic rings. The summed E-state index contributed by atoms with van der Waals surface area (Å²) >= 11 is 6.91. The summed E-state index contributed by atoms with van der Waals surface area (Å²) in [5, 5.41) is 4.16. The van der Waals surface area contributed by atoms with Crippen LogP contribution in [0.4, 0.5) is 24.5 Å². The molecule has 0 radical (unpaired) electrons. The maximum atomic E-state index is 13.4. The highest BCUT2D eigenvalue weighted by molar-refractivity contribution is 8.00. The first-order valence-electron chi connectivity index (χ1n) is 9.40. The van der Waals surface area contributed by atoms with Crippen molar-refractivity contribution in [2.45, 2.75) is 23.2 Å². The van der Waals surface area contributed by atoms with Gasteiger partial charge in [0.05, 0.1) is 11.3 Å². The van der Waals surface area contributed by atoms with Crippen LogP contribution < -0.4 is 10.6 Å². The van der Waals surface area contributed by atoms with Crippen LogP contribution in [0.15, 0.2) is 77.7 Å². The Morgan fingerprint density at radius 3 is 2.19 bits per heavy atom. The number of halogens is 4. The van der Waals surface area contributed by atoms with Gasteiger partial charge in [-0.15, -0.1) is 11.8 Å². The van der Waals surface area contributed by atoms with Gasteiger partial charge in [0.15, 0.2) is 0 Å². The quantitative estimate of drug-likeness (QED) is 0.383. The van der Waals surface area contributed by atoms with Crippen molar-refractivity contribution in [1.29, 1.82) is 0 Å². The summed E-state index contributed by atoms with van der Waals surface area (Å²) in [5.41, 5.74) is -0.161. The van der Waals surface area contributed by atoms with Gasteiger partial charge in [0.1, 0.15) is 5.25 Å². The Hall–Kier alpha value is -2.97. The van der Waals surface area contributed by atoms with Crippen molar-refractivity contribution < 1.29 is 22.8 Å². The van der Waals surface area contributed by atoms with Crippen LogP contribution in [-0.2, 0) is 15.8 Å². The van der Waals surface area contributed by atoms with E-state index in [2.05, 4.69) is 10.6 Å². The van der Waals surface area contributed by atoms with Crippen LogP contribution in [0.3, 0.4) is 0 Å². The smallest absolute Gasteiger partial charge is 0.326 e. The van der Waals surface area contributed by atoms with Crippen molar-refractivity contribution in [2.75, 3.05) is 10.6 Å². The molecule has 3 aromatic rings. The van der Waals surface area contributed by atoms with E-state index in [1.54, 1.807) is 54.6 Å². The summed E-state index contributed by atoms with van der Waals surface area (Å²) in [6.07, 6.45) is -4.68. The highest BCUT2D eigenvalue weighted by Gasteiger charge is 2.35. The predicted molar refractivity (Wildman–Crippen MR) is 121 cm³/mol. The second-order valence-corrected chi connectivity index (χ2v) is 8.41. The lowest BCUT2D eigenvalue weighted by Crippen LogP contribution is -2.21. The molecule has 166 valence electrons. The number of carbonyl (C=O) groups is 2. The fraction of sp³-hybridized carbons (Fsp3) is 0.130. The molecule has 3 rings (SSSR count). The largest absolute Gasteiger partial charge is 0.418 e. The molecule has 0 unspecified atom stereocenters.